The first-order valence-electron chi connectivity index (χ1n) is 6.14. The van der Waals surface area contributed by atoms with Gasteiger partial charge in [0.25, 0.3) is 0 Å². The van der Waals surface area contributed by atoms with Crippen LogP contribution < -0.4 is 5.32 Å². The SMILES string of the molecule is COC(=O)C(CC(C)C)Nc1ncnc2sccc12. The van der Waals surface area contributed by atoms with Crippen molar-refractivity contribution in [3.8, 4) is 0 Å². The van der Waals surface area contributed by atoms with Gasteiger partial charge in [0.1, 0.15) is 23.0 Å². The number of ether oxygens (including phenoxy) is 1. The van der Waals surface area contributed by atoms with Crippen LogP contribution in [-0.2, 0) is 9.53 Å². The highest BCUT2D eigenvalue weighted by Gasteiger charge is 2.21. The van der Waals surface area contributed by atoms with E-state index >= 15 is 0 Å². The normalized spacial score (nSPS) is 12.6. The second kappa shape index (κ2) is 5.97. The summed E-state index contributed by atoms with van der Waals surface area (Å²) in [5, 5.41) is 6.06. The van der Waals surface area contributed by atoms with Crippen molar-refractivity contribution in [2.24, 2.45) is 5.92 Å². The third-order valence-electron chi connectivity index (χ3n) is 2.77. The van der Waals surface area contributed by atoms with Crippen LogP contribution in [0.3, 0.4) is 0 Å². The number of nitrogens with one attached hydrogen (secondary N) is 1. The lowest BCUT2D eigenvalue weighted by Gasteiger charge is -2.19. The van der Waals surface area contributed by atoms with Crippen LogP contribution in [0.5, 0.6) is 0 Å². The second-order valence-electron chi connectivity index (χ2n) is 4.71. The van der Waals surface area contributed by atoms with E-state index in [4.69, 9.17) is 4.74 Å². The number of nitrogens with zero attached hydrogens (tertiary/aromatic N) is 2. The van der Waals surface area contributed by atoms with Crippen LogP contribution >= 0.6 is 11.3 Å². The molecular weight excluding hydrogens is 262 g/mol. The molecular formula is C13H17N3O2S. The molecule has 2 heterocycles. The quantitative estimate of drug-likeness (QED) is 0.852. The van der Waals surface area contributed by atoms with Gasteiger partial charge >= 0.3 is 5.97 Å². The zero-order valence-corrected chi connectivity index (χ0v) is 12.0. The van der Waals surface area contributed by atoms with E-state index in [0.29, 0.717) is 18.2 Å². The topological polar surface area (TPSA) is 64.1 Å². The standard InChI is InChI=1S/C13H17N3O2S/c1-8(2)6-10(13(17)18-3)16-11-9-4-5-19-12(9)15-7-14-11/h4-5,7-8,10H,6H2,1-3H3,(H,14,15,16). The molecule has 5 nitrogen and oxygen atoms in total. The number of anilines is 1. The van der Waals surface area contributed by atoms with Gasteiger partial charge in [0, 0.05) is 0 Å². The molecule has 0 fully saturated rings. The number of methoxy groups -OCH3 is 1. The van der Waals surface area contributed by atoms with Crippen molar-refractivity contribution in [1.29, 1.82) is 0 Å². The zero-order valence-electron chi connectivity index (χ0n) is 11.2. The van der Waals surface area contributed by atoms with E-state index in [-0.39, 0.29) is 12.0 Å². The molecule has 0 amide bonds. The Labute approximate surface area is 116 Å². The molecule has 19 heavy (non-hydrogen) atoms. The van der Waals surface area contributed by atoms with Gasteiger partial charge in [-0.25, -0.2) is 14.8 Å². The van der Waals surface area contributed by atoms with Gasteiger partial charge in [-0.2, -0.15) is 0 Å². The first kappa shape index (κ1) is 13.7. The average Bonchev–Trinajstić information content (AvgIpc) is 2.85. The smallest absolute Gasteiger partial charge is 0.328 e. The van der Waals surface area contributed by atoms with Gasteiger partial charge in [0.15, 0.2) is 0 Å². The molecule has 6 heteroatoms. The molecule has 0 spiro atoms. The monoisotopic (exact) mass is 279 g/mol. The largest absolute Gasteiger partial charge is 0.467 e. The molecule has 2 aromatic rings. The van der Waals surface area contributed by atoms with E-state index < -0.39 is 0 Å². The Kier molecular flexibility index (Phi) is 4.31. The molecule has 102 valence electrons. The minimum Gasteiger partial charge on any atom is -0.467 e. The maximum absolute atomic E-state index is 11.8. The lowest BCUT2D eigenvalue weighted by atomic mass is 10.0. The lowest BCUT2D eigenvalue weighted by Crippen LogP contribution is -2.32. The molecule has 1 unspecified atom stereocenters. The highest BCUT2D eigenvalue weighted by Crippen LogP contribution is 2.25. The zero-order chi connectivity index (χ0) is 13.8. The fourth-order valence-corrected chi connectivity index (χ4v) is 2.63. The van der Waals surface area contributed by atoms with Crippen LogP contribution in [0.2, 0.25) is 0 Å². The maximum Gasteiger partial charge on any atom is 0.328 e. The third-order valence-corrected chi connectivity index (χ3v) is 3.59. The van der Waals surface area contributed by atoms with E-state index in [1.54, 1.807) is 11.3 Å². The first-order chi connectivity index (χ1) is 9.11. The van der Waals surface area contributed by atoms with E-state index in [0.717, 1.165) is 10.2 Å². The molecule has 2 rings (SSSR count). The maximum atomic E-state index is 11.8. The number of fused-ring (bicyclic) bond motifs is 1. The van der Waals surface area contributed by atoms with Crippen molar-refractivity contribution in [2.45, 2.75) is 26.3 Å². The Morgan fingerprint density at radius 2 is 2.26 bits per heavy atom. The van der Waals surface area contributed by atoms with Crippen molar-refractivity contribution >= 4 is 33.3 Å². The van der Waals surface area contributed by atoms with Gasteiger partial charge in [0.2, 0.25) is 0 Å². The predicted octanol–water partition coefficient (Wildman–Crippen LogP) is 2.69. The Bertz CT molecular complexity index is 568. The van der Waals surface area contributed by atoms with Crippen molar-refractivity contribution in [3.63, 3.8) is 0 Å². The minimum atomic E-state index is -0.386. The molecule has 0 bridgehead atoms. The number of carbonyl (C=O) groups is 1. The van der Waals surface area contributed by atoms with Crippen molar-refractivity contribution in [1.82, 2.24) is 9.97 Å². The molecule has 0 saturated carbocycles. The third kappa shape index (κ3) is 3.20. The molecule has 0 aliphatic carbocycles. The number of hydrogen-bond donors (Lipinski definition) is 1. The Hall–Kier alpha value is -1.69. The molecule has 0 saturated heterocycles. The molecule has 1 N–H and O–H groups in total. The summed E-state index contributed by atoms with van der Waals surface area (Å²) in [4.78, 5) is 21.1. The summed E-state index contributed by atoms with van der Waals surface area (Å²) in [6.07, 6.45) is 2.20. The molecule has 0 aliphatic heterocycles. The van der Waals surface area contributed by atoms with E-state index in [2.05, 4.69) is 29.1 Å². The fraction of sp³-hybridized carbons (Fsp3) is 0.462. The van der Waals surface area contributed by atoms with Gasteiger partial charge in [-0.1, -0.05) is 13.8 Å². The molecule has 0 radical (unpaired) electrons. The molecule has 2 aromatic heterocycles. The first-order valence-corrected chi connectivity index (χ1v) is 7.02. The fourth-order valence-electron chi connectivity index (χ4n) is 1.90. The van der Waals surface area contributed by atoms with Crippen LogP contribution in [0, 0.1) is 5.92 Å². The summed E-state index contributed by atoms with van der Waals surface area (Å²) < 4.78 is 4.84. The van der Waals surface area contributed by atoms with Crippen molar-refractivity contribution < 1.29 is 9.53 Å². The molecule has 0 aromatic carbocycles. The number of hydrogen-bond acceptors (Lipinski definition) is 6. The second-order valence-corrected chi connectivity index (χ2v) is 5.61. The summed E-state index contributed by atoms with van der Waals surface area (Å²) in [7, 11) is 1.40. The van der Waals surface area contributed by atoms with E-state index in [1.807, 2.05) is 11.4 Å². The number of esters is 1. The molecule has 1 atom stereocenters. The summed E-state index contributed by atoms with van der Waals surface area (Å²) >= 11 is 1.55. The highest BCUT2D eigenvalue weighted by atomic mass is 32.1. The van der Waals surface area contributed by atoms with Gasteiger partial charge in [-0.3, -0.25) is 0 Å². The van der Waals surface area contributed by atoms with Crippen LogP contribution in [0.25, 0.3) is 10.2 Å². The van der Waals surface area contributed by atoms with Crippen LogP contribution in [0.4, 0.5) is 5.82 Å². The highest BCUT2D eigenvalue weighted by molar-refractivity contribution is 7.16. The van der Waals surface area contributed by atoms with Gasteiger partial charge in [0.05, 0.1) is 12.5 Å². The van der Waals surface area contributed by atoms with Crippen molar-refractivity contribution in [2.75, 3.05) is 12.4 Å². The minimum absolute atomic E-state index is 0.268. The number of thiophene rings is 1. The summed E-state index contributed by atoms with van der Waals surface area (Å²) in [6, 6.07) is 1.56. The van der Waals surface area contributed by atoms with E-state index in [1.165, 1.54) is 13.4 Å². The van der Waals surface area contributed by atoms with E-state index in [9.17, 15) is 4.79 Å². The predicted molar refractivity (Wildman–Crippen MR) is 76.3 cm³/mol. The van der Waals surface area contributed by atoms with Gasteiger partial charge in [-0.15, -0.1) is 11.3 Å². The van der Waals surface area contributed by atoms with Crippen LogP contribution in [0.1, 0.15) is 20.3 Å². The average molecular weight is 279 g/mol. The number of carbonyl (C=O) groups excluding carboxylic acids is 1. The Morgan fingerprint density at radius 3 is 2.95 bits per heavy atom. The molecule has 0 aliphatic rings. The van der Waals surface area contributed by atoms with Crippen LogP contribution in [-0.4, -0.2) is 29.1 Å². The Balaban J connectivity index is 2.25. The lowest BCUT2D eigenvalue weighted by molar-refractivity contribution is -0.141. The number of rotatable bonds is 5. The van der Waals surface area contributed by atoms with Crippen LogP contribution in [0.15, 0.2) is 17.8 Å². The number of aromatic nitrogens is 2. The summed E-state index contributed by atoms with van der Waals surface area (Å²) in [5.74, 6) is 0.800. The Morgan fingerprint density at radius 1 is 1.47 bits per heavy atom. The van der Waals surface area contributed by atoms with Gasteiger partial charge < -0.3 is 10.1 Å². The van der Waals surface area contributed by atoms with Crippen molar-refractivity contribution in [3.05, 3.63) is 17.8 Å². The summed E-state index contributed by atoms with van der Waals surface area (Å²) in [5.41, 5.74) is 0. The summed E-state index contributed by atoms with van der Waals surface area (Å²) in [6.45, 7) is 4.13. The van der Waals surface area contributed by atoms with Gasteiger partial charge in [-0.05, 0) is 23.8 Å².